The van der Waals surface area contributed by atoms with Crippen LogP contribution in [0.15, 0.2) is 42.5 Å². The Kier molecular flexibility index (Phi) is 4.76. The molecule has 0 amide bonds. The Balaban J connectivity index is 2.40. The summed E-state index contributed by atoms with van der Waals surface area (Å²) in [4.78, 5) is 10.6. The number of ether oxygens (including phenoxy) is 1. The van der Waals surface area contributed by atoms with Gasteiger partial charge in [0.05, 0.1) is 8.49 Å². The molecule has 0 heterocycles. The molecule has 0 atom stereocenters. The molecule has 0 aliphatic heterocycles. The first kappa shape index (κ1) is 14.3. The number of hydrogen-bond donors (Lipinski definition) is 0. The summed E-state index contributed by atoms with van der Waals surface area (Å²) in [7, 11) is 0. The number of nitrogens with zero attached hydrogens (tertiary/aromatic N) is 1. The summed E-state index contributed by atoms with van der Waals surface area (Å²) in [5.41, 5.74) is 0.804. The molecule has 0 bridgehead atoms. The van der Waals surface area contributed by atoms with Crippen molar-refractivity contribution in [3.8, 4) is 11.5 Å². The lowest BCUT2D eigenvalue weighted by Gasteiger charge is -2.08. The fraction of sp³-hybridized carbons (Fsp3) is 0.0769. The molecule has 0 aliphatic rings. The zero-order valence-electron chi connectivity index (χ0n) is 9.68. The number of nitro groups is 1. The largest absolute Gasteiger partial charge is 0.449 e. The second-order valence-electron chi connectivity index (χ2n) is 3.73. The molecule has 2 rings (SSSR count). The molecule has 0 radical (unpaired) electrons. The summed E-state index contributed by atoms with van der Waals surface area (Å²) >= 11 is 5.41. The lowest BCUT2D eigenvalue weighted by atomic mass is 10.2. The van der Waals surface area contributed by atoms with Crippen LogP contribution >= 0.6 is 38.5 Å². The van der Waals surface area contributed by atoms with Crippen molar-refractivity contribution in [2.45, 2.75) is 5.33 Å². The van der Waals surface area contributed by atoms with Crippen LogP contribution in [0.4, 0.5) is 5.69 Å². The average molecular weight is 434 g/mol. The molecule has 19 heavy (non-hydrogen) atoms. The maximum atomic E-state index is 11.1. The lowest BCUT2D eigenvalue weighted by molar-refractivity contribution is -0.385. The number of benzene rings is 2. The van der Waals surface area contributed by atoms with E-state index >= 15 is 0 Å². The van der Waals surface area contributed by atoms with Gasteiger partial charge in [0, 0.05) is 11.4 Å². The Morgan fingerprint density at radius 3 is 2.58 bits per heavy atom. The normalized spacial score (nSPS) is 10.2. The minimum Gasteiger partial charge on any atom is -0.449 e. The smallest absolute Gasteiger partial charge is 0.311 e. The van der Waals surface area contributed by atoms with Crippen LogP contribution in [0.25, 0.3) is 0 Å². The molecule has 0 fully saturated rings. The van der Waals surface area contributed by atoms with E-state index in [0.717, 1.165) is 9.13 Å². The highest BCUT2D eigenvalue weighted by atomic mass is 127. The Morgan fingerprint density at radius 1 is 1.21 bits per heavy atom. The second-order valence-corrected chi connectivity index (χ2v) is 5.45. The van der Waals surface area contributed by atoms with Gasteiger partial charge in [-0.2, -0.15) is 0 Å². The molecular formula is C13H9BrINO3. The first-order valence-electron chi connectivity index (χ1n) is 5.37. The highest BCUT2D eigenvalue weighted by molar-refractivity contribution is 14.1. The van der Waals surface area contributed by atoms with Crippen molar-refractivity contribution in [1.29, 1.82) is 0 Å². The molecule has 2 aromatic carbocycles. The average Bonchev–Trinajstić information content (AvgIpc) is 2.41. The van der Waals surface area contributed by atoms with Gasteiger partial charge in [-0.3, -0.25) is 10.1 Å². The topological polar surface area (TPSA) is 52.4 Å². The van der Waals surface area contributed by atoms with Crippen LogP contribution in [0.2, 0.25) is 0 Å². The zero-order valence-corrected chi connectivity index (χ0v) is 13.4. The molecular weight excluding hydrogens is 425 g/mol. The van der Waals surface area contributed by atoms with Crippen LogP contribution in [0, 0.1) is 13.7 Å². The summed E-state index contributed by atoms with van der Waals surface area (Å²) < 4.78 is 6.54. The predicted molar refractivity (Wildman–Crippen MR) is 85.0 cm³/mol. The first-order valence-corrected chi connectivity index (χ1v) is 7.57. The Labute approximate surface area is 132 Å². The summed E-state index contributed by atoms with van der Waals surface area (Å²) in [5.74, 6) is 0.858. The first-order chi connectivity index (χ1) is 9.11. The van der Waals surface area contributed by atoms with Crippen molar-refractivity contribution in [2.24, 2.45) is 0 Å². The Bertz CT molecular complexity index is 619. The Morgan fingerprint density at radius 2 is 1.95 bits per heavy atom. The van der Waals surface area contributed by atoms with Gasteiger partial charge in [-0.15, -0.1) is 0 Å². The van der Waals surface area contributed by atoms with E-state index in [0.29, 0.717) is 11.1 Å². The van der Waals surface area contributed by atoms with Gasteiger partial charge in [0.25, 0.3) is 0 Å². The molecule has 2 aromatic rings. The zero-order chi connectivity index (χ0) is 13.8. The van der Waals surface area contributed by atoms with Gasteiger partial charge in [0.2, 0.25) is 5.75 Å². The van der Waals surface area contributed by atoms with Crippen LogP contribution in [0.1, 0.15) is 5.56 Å². The number of alkyl halides is 1. The quantitative estimate of drug-likeness (QED) is 0.298. The van der Waals surface area contributed by atoms with Crippen molar-refractivity contribution in [2.75, 3.05) is 0 Å². The molecule has 0 spiro atoms. The molecule has 98 valence electrons. The van der Waals surface area contributed by atoms with Crippen molar-refractivity contribution in [3.63, 3.8) is 0 Å². The van der Waals surface area contributed by atoms with E-state index in [2.05, 4.69) is 38.5 Å². The fourth-order valence-electron chi connectivity index (χ4n) is 1.52. The maximum absolute atomic E-state index is 11.1. The van der Waals surface area contributed by atoms with E-state index < -0.39 is 4.92 Å². The van der Waals surface area contributed by atoms with Crippen LogP contribution < -0.4 is 4.74 Å². The monoisotopic (exact) mass is 433 g/mol. The SMILES string of the molecule is O=[N+]([O-])c1cc(CBr)ccc1Oc1ccccc1I. The van der Waals surface area contributed by atoms with Gasteiger partial charge in [0.1, 0.15) is 5.75 Å². The van der Waals surface area contributed by atoms with Gasteiger partial charge in [-0.1, -0.05) is 34.1 Å². The number of rotatable bonds is 4. The third-order valence-electron chi connectivity index (χ3n) is 2.43. The number of halogens is 2. The van der Waals surface area contributed by atoms with Gasteiger partial charge in [0.15, 0.2) is 0 Å². The summed E-state index contributed by atoms with van der Waals surface area (Å²) in [6, 6.07) is 12.3. The highest BCUT2D eigenvalue weighted by Gasteiger charge is 2.17. The van der Waals surface area contributed by atoms with Crippen LogP contribution in [-0.4, -0.2) is 4.92 Å². The van der Waals surface area contributed by atoms with Crippen molar-refractivity contribution >= 4 is 44.2 Å². The van der Waals surface area contributed by atoms with Gasteiger partial charge < -0.3 is 4.74 Å². The molecule has 0 aliphatic carbocycles. The molecule has 4 nitrogen and oxygen atoms in total. The summed E-state index contributed by atoms with van der Waals surface area (Å²) in [6.07, 6.45) is 0. The van der Waals surface area contributed by atoms with Crippen molar-refractivity contribution < 1.29 is 9.66 Å². The van der Waals surface area contributed by atoms with Crippen molar-refractivity contribution in [1.82, 2.24) is 0 Å². The third-order valence-corrected chi connectivity index (χ3v) is 3.97. The van der Waals surface area contributed by atoms with E-state index in [-0.39, 0.29) is 11.4 Å². The number of para-hydroxylation sites is 1. The second kappa shape index (κ2) is 6.33. The molecule has 0 saturated carbocycles. The standard InChI is InChI=1S/C13H9BrINO3/c14-8-9-5-6-13(11(7-9)16(17)18)19-12-4-2-1-3-10(12)15/h1-7H,8H2. The van der Waals surface area contributed by atoms with E-state index in [1.54, 1.807) is 18.2 Å². The summed E-state index contributed by atoms with van der Waals surface area (Å²) in [6.45, 7) is 0. The molecule has 0 N–H and O–H groups in total. The van der Waals surface area contributed by atoms with Crippen molar-refractivity contribution in [3.05, 3.63) is 61.7 Å². The third kappa shape index (κ3) is 3.44. The van der Waals surface area contributed by atoms with E-state index in [4.69, 9.17) is 4.74 Å². The fourth-order valence-corrected chi connectivity index (χ4v) is 2.37. The minimum absolute atomic E-state index is 0.0309. The predicted octanol–water partition coefficient (Wildman–Crippen LogP) is 4.89. The number of hydrogen-bond acceptors (Lipinski definition) is 3. The van der Waals surface area contributed by atoms with Crippen LogP contribution in [0.5, 0.6) is 11.5 Å². The van der Waals surface area contributed by atoms with Gasteiger partial charge in [-0.25, -0.2) is 0 Å². The Hall–Kier alpha value is -1.15. The molecule has 0 saturated heterocycles. The van der Waals surface area contributed by atoms with E-state index in [1.807, 2.05) is 18.2 Å². The highest BCUT2D eigenvalue weighted by Crippen LogP contribution is 2.34. The number of nitro benzene ring substituents is 1. The van der Waals surface area contributed by atoms with Gasteiger partial charge >= 0.3 is 5.69 Å². The molecule has 0 aromatic heterocycles. The van der Waals surface area contributed by atoms with Crippen LogP contribution in [0.3, 0.4) is 0 Å². The summed E-state index contributed by atoms with van der Waals surface area (Å²) in [5, 5.41) is 11.6. The van der Waals surface area contributed by atoms with E-state index in [9.17, 15) is 10.1 Å². The molecule has 6 heteroatoms. The lowest BCUT2D eigenvalue weighted by Crippen LogP contribution is -1.95. The van der Waals surface area contributed by atoms with Crippen LogP contribution in [-0.2, 0) is 5.33 Å². The van der Waals surface area contributed by atoms with Gasteiger partial charge in [-0.05, 0) is 46.4 Å². The van der Waals surface area contributed by atoms with E-state index in [1.165, 1.54) is 6.07 Å². The maximum Gasteiger partial charge on any atom is 0.311 e. The molecule has 0 unspecified atom stereocenters. The minimum atomic E-state index is -0.433.